The molecule has 1 N–H and O–H groups in total. The maximum absolute atomic E-state index is 10.9. The highest BCUT2D eigenvalue weighted by Crippen LogP contribution is 2.26. The van der Waals surface area contributed by atoms with Gasteiger partial charge in [-0.2, -0.15) is 0 Å². The standard InChI is InChI=1S/C18H20O2/c1-3-13(2)12-16-6-4-5-7-17(16)14-8-10-15(11-9-14)18(19)20/h4-11,13H,3,12H2,1-2H3,(H,19,20). The Morgan fingerprint density at radius 3 is 2.35 bits per heavy atom. The van der Waals surface area contributed by atoms with Gasteiger partial charge in [0.2, 0.25) is 0 Å². The highest BCUT2D eigenvalue weighted by Gasteiger charge is 2.09. The minimum absolute atomic E-state index is 0.327. The van der Waals surface area contributed by atoms with Crippen molar-refractivity contribution in [1.82, 2.24) is 0 Å². The molecule has 0 bridgehead atoms. The largest absolute Gasteiger partial charge is 0.478 e. The van der Waals surface area contributed by atoms with Crippen molar-refractivity contribution < 1.29 is 9.90 Å². The molecule has 2 heteroatoms. The molecule has 2 rings (SSSR count). The summed E-state index contributed by atoms with van der Waals surface area (Å²) in [6.07, 6.45) is 2.21. The summed E-state index contributed by atoms with van der Waals surface area (Å²) in [6, 6.07) is 15.5. The third kappa shape index (κ3) is 3.27. The molecule has 2 nitrogen and oxygen atoms in total. The van der Waals surface area contributed by atoms with Crippen molar-refractivity contribution in [3.63, 3.8) is 0 Å². The molecule has 1 unspecified atom stereocenters. The van der Waals surface area contributed by atoms with Crippen molar-refractivity contribution in [3.8, 4) is 11.1 Å². The van der Waals surface area contributed by atoms with E-state index in [1.165, 1.54) is 11.1 Å². The molecule has 0 aromatic heterocycles. The Labute approximate surface area is 120 Å². The second kappa shape index (κ2) is 6.38. The van der Waals surface area contributed by atoms with Crippen molar-refractivity contribution in [2.24, 2.45) is 5.92 Å². The fraction of sp³-hybridized carbons (Fsp3) is 0.278. The van der Waals surface area contributed by atoms with Gasteiger partial charge in [-0.05, 0) is 41.2 Å². The van der Waals surface area contributed by atoms with Crippen LogP contribution >= 0.6 is 0 Å². The van der Waals surface area contributed by atoms with E-state index in [4.69, 9.17) is 5.11 Å². The summed E-state index contributed by atoms with van der Waals surface area (Å²) < 4.78 is 0. The van der Waals surface area contributed by atoms with Crippen LogP contribution in [0.1, 0.15) is 36.2 Å². The summed E-state index contributed by atoms with van der Waals surface area (Å²) >= 11 is 0. The number of hydrogen-bond donors (Lipinski definition) is 1. The molecule has 0 aliphatic heterocycles. The number of carboxylic acids is 1. The molecule has 104 valence electrons. The predicted octanol–water partition coefficient (Wildman–Crippen LogP) is 4.64. The first kappa shape index (κ1) is 14.3. The summed E-state index contributed by atoms with van der Waals surface area (Å²) in [5.41, 5.74) is 3.93. The summed E-state index contributed by atoms with van der Waals surface area (Å²) in [6.45, 7) is 4.46. The van der Waals surface area contributed by atoms with Crippen molar-refractivity contribution in [3.05, 3.63) is 59.7 Å². The van der Waals surface area contributed by atoms with Crippen molar-refractivity contribution in [1.29, 1.82) is 0 Å². The van der Waals surface area contributed by atoms with Crippen LogP contribution in [0.4, 0.5) is 0 Å². The Kier molecular flexibility index (Phi) is 4.57. The number of aromatic carboxylic acids is 1. The topological polar surface area (TPSA) is 37.3 Å². The van der Waals surface area contributed by atoms with E-state index in [9.17, 15) is 4.79 Å². The molecule has 0 fully saturated rings. The van der Waals surface area contributed by atoms with Crippen molar-refractivity contribution in [2.45, 2.75) is 26.7 Å². The Morgan fingerprint density at radius 2 is 1.75 bits per heavy atom. The molecule has 0 aliphatic rings. The minimum Gasteiger partial charge on any atom is -0.478 e. The molecule has 0 radical (unpaired) electrons. The summed E-state index contributed by atoms with van der Waals surface area (Å²) in [5, 5.41) is 8.95. The fourth-order valence-electron chi connectivity index (χ4n) is 2.29. The maximum Gasteiger partial charge on any atom is 0.335 e. The van der Waals surface area contributed by atoms with Gasteiger partial charge in [0.05, 0.1) is 5.56 Å². The SMILES string of the molecule is CCC(C)Cc1ccccc1-c1ccc(C(=O)O)cc1. The van der Waals surface area contributed by atoms with Crippen LogP contribution in [-0.2, 0) is 6.42 Å². The highest BCUT2D eigenvalue weighted by atomic mass is 16.4. The van der Waals surface area contributed by atoms with Crippen LogP contribution in [0, 0.1) is 5.92 Å². The van der Waals surface area contributed by atoms with E-state index in [1.807, 2.05) is 18.2 Å². The van der Waals surface area contributed by atoms with Crippen LogP contribution < -0.4 is 0 Å². The van der Waals surface area contributed by atoms with E-state index < -0.39 is 5.97 Å². The third-order valence-electron chi connectivity index (χ3n) is 3.73. The van der Waals surface area contributed by atoms with Gasteiger partial charge in [-0.25, -0.2) is 4.79 Å². The summed E-state index contributed by atoms with van der Waals surface area (Å²) in [4.78, 5) is 10.9. The lowest BCUT2D eigenvalue weighted by Crippen LogP contribution is -2.00. The molecule has 0 spiro atoms. The Bertz CT molecular complexity index is 585. The van der Waals surface area contributed by atoms with Crippen LogP contribution in [0.3, 0.4) is 0 Å². The first-order valence-corrected chi connectivity index (χ1v) is 7.03. The zero-order chi connectivity index (χ0) is 14.5. The average molecular weight is 268 g/mol. The maximum atomic E-state index is 10.9. The molecule has 0 saturated heterocycles. The zero-order valence-corrected chi connectivity index (χ0v) is 12.0. The predicted molar refractivity (Wildman–Crippen MR) is 82.0 cm³/mol. The van der Waals surface area contributed by atoms with Gasteiger partial charge in [0.15, 0.2) is 0 Å². The molecular weight excluding hydrogens is 248 g/mol. The highest BCUT2D eigenvalue weighted by molar-refractivity contribution is 5.88. The molecule has 0 saturated carbocycles. The second-order valence-corrected chi connectivity index (χ2v) is 5.26. The third-order valence-corrected chi connectivity index (χ3v) is 3.73. The van der Waals surface area contributed by atoms with Crippen LogP contribution in [0.25, 0.3) is 11.1 Å². The number of rotatable bonds is 5. The van der Waals surface area contributed by atoms with Gasteiger partial charge in [0.25, 0.3) is 0 Å². The van der Waals surface area contributed by atoms with Gasteiger partial charge >= 0.3 is 5.97 Å². The molecular formula is C18H20O2. The average Bonchev–Trinajstić information content (AvgIpc) is 2.48. The second-order valence-electron chi connectivity index (χ2n) is 5.26. The minimum atomic E-state index is -0.885. The van der Waals surface area contributed by atoms with E-state index in [0.717, 1.165) is 18.4 Å². The number of benzene rings is 2. The first-order chi connectivity index (χ1) is 9.61. The van der Waals surface area contributed by atoms with Crippen LogP contribution in [0.15, 0.2) is 48.5 Å². The number of hydrogen-bond acceptors (Lipinski definition) is 1. The normalized spacial score (nSPS) is 12.1. The lowest BCUT2D eigenvalue weighted by molar-refractivity contribution is 0.0697. The molecule has 0 amide bonds. The van der Waals surface area contributed by atoms with Gasteiger partial charge in [-0.3, -0.25) is 0 Å². The van der Waals surface area contributed by atoms with Gasteiger partial charge in [0.1, 0.15) is 0 Å². The molecule has 20 heavy (non-hydrogen) atoms. The van der Waals surface area contributed by atoms with Gasteiger partial charge in [-0.15, -0.1) is 0 Å². The molecule has 1 atom stereocenters. The monoisotopic (exact) mass is 268 g/mol. The number of carboxylic acid groups (broad SMARTS) is 1. The van der Waals surface area contributed by atoms with E-state index in [-0.39, 0.29) is 0 Å². The van der Waals surface area contributed by atoms with E-state index in [2.05, 4.69) is 32.0 Å². The van der Waals surface area contributed by atoms with E-state index in [0.29, 0.717) is 11.5 Å². The summed E-state index contributed by atoms with van der Waals surface area (Å²) in [7, 11) is 0. The quantitative estimate of drug-likeness (QED) is 0.857. The van der Waals surface area contributed by atoms with E-state index >= 15 is 0 Å². The molecule has 0 aliphatic carbocycles. The first-order valence-electron chi connectivity index (χ1n) is 7.03. The smallest absolute Gasteiger partial charge is 0.335 e. The van der Waals surface area contributed by atoms with Crippen molar-refractivity contribution in [2.75, 3.05) is 0 Å². The van der Waals surface area contributed by atoms with Crippen LogP contribution in [0.5, 0.6) is 0 Å². The lowest BCUT2D eigenvalue weighted by Gasteiger charge is -2.13. The molecule has 0 heterocycles. The van der Waals surface area contributed by atoms with Crippen LogP contribution in [0.2, 0.25) is 0 Å². The Morgan fingerprint density at radius 1 is 1.10 bits per heavy atom. The van der Waals surface area contributed by atoms with E-state index in [1.54, 1.807) is 12.1 Å². The van der Waals surface area contributed by atoms with Crippen LogP contribution in [-0.4, -0.2) is 11.1 Å². The number of carbonyl (C=O) groups is 1. The summed E-state index contributed by atoms with van der Waals surface area (Å²) in [5.74, 6) is -0.237. The fourth-order valence-corrected chi connectivity index (χ4v) is 2.29. The van der Waals surface area contributed by atoms with Gasteiger partial charge in [0, 0.05) is 0 Å². The van der Waals surface area contributed by atoms with Gasteiger partial charge in [-0.1, -0.05) is 56.7 Å². The Hall–Kier alpha value is -2.09. The molecule has 2 aromatic rings. The zero-order valence-electron chi connectivity index (χ0n) is 12.0. The van der Waals surface area contributed by atoms with Crippen molar-refractivity contribution >= 4 is 5.97 Å². The molecule has 2 aromatic carbocycles. The Balaban J connectivity index is 2.34. The lowest BCUT2D eigenvalue weighted by atomic mass is 9.91. The van der Waals surface area contributed by atoms with Gasteiger partial charge < -0.3 is 5.11 Å².